The average molecular weight is 230 g/mol. The number of amides is 2. The van der Waals surface area contributed by atoms with E-state index in [-0.39, 0.29) is 12.1 Å². The Morgan fingerprint density at radius 3 is 2.76 bits per heavy atom. The zero-order valence-corrected chi connectivity index (χ0v) is 10.1. The summed E-state index contributed by atoms with van der Waals surface area (Å²) in [6.45, 7) is 2.81. The van der Waals surface area contributed by atoms with E-state index >= 15 is 0 Å². The summed E-state index contributed by atoms with van der Waals surface area (Å²) in [4.78, 5) is 13.7. The molecule has 3 heteroatoms. The molecule has 1 aromatic rings. The maximum atomic E-state index is 11.9. The summed E-state index contributed by atoms with van der Waals surface area (Å²) < 4.78 is 0. The van der Waals surface area contributed by atoms with E-state index in [9.17, 15) is 4.79 Å². The van der Waals surface area contributed by atoms with E-state index in [1.54, 1.807) is 4.90 Å². The fourth-order valence-electron chi connectivity index (χ4n) is 1.92. The van der Waals surface area contributed by atoms with Gasteiger partial charge >= 0.3 is 6.03 Å². The van der Waals surface area contributed by atoms with Crippen LogP contribution in [0.4, 0.5) is 4.79 Å². The summed E-state index contributed by atoms with van der Waals surface area (Å²) >= 11 is 0. The van der Waals surface area contributed by atoms with Gasteiger partial charge in [-0.2, -0.15) is 0 Å². The third-order valence-electron chi connectivity index (χ3n) is 2.96. The molecule has 0 saturated heterocycles. The molecule has 0 unspecified atom stereocenters. The highest BCUT2D eigenvalue weighted by molar-refractivity contribution is 5.75. The van der Waals surface area contributed by atoms with Crippen molar-refractivity contribution in [1.82, 2.24) is 10.2 Å². The molecule has 2 rings (SSSR count). The van der Waals surface area contributed by atoms with Crippen LogP contribution in [0.3, 0.4) is 0 Å². The van der Waals surface area contributed by atoms with Crippen LogP contribution in [0.15, 0.2) is 42.6 Å². The Balaban J connectivity index is 1.94. The van der Waals surface area contributed by atoms with E-state index in [0.717, 1.165) is 24.9 Å². The van der Waals surface area contributed by atoms with Crippen molar-refractivity contribution in [2.75, 3.05) is 6.54 Å². The molecule has 0 aromatic heterocycles. The first-order chi connectivity index (χ1) is 8.27. The maximum Gasteiger partial charge on any atom is 0.321 e. The Morgan fingerprint density at radius 2 is 2.12 bits per heavy atom. The molecule has 2 amide bonds. The number of nitrogens with zero attached hydrogens (tertiary/aromatic N) is 1. The first-order valence-corrected chi connectivity index (χ1v) is 6.06. The van der Waals surface area contributed by atoms with Gasteiger partial charge in [0.05, 0.1) is 6.04 Å². The minimum Gasteiger partial charge on any atom is -0.331 e. The molecule has 1 aliphatic heterocycles. The van der Waals surface area contributed by atoms with Gasteiger partial charge in [-0.3, -0.25) is 0 Å². The largest absolute Gasteiger partial charge is 0.331 e. The highest BCUT2D eigenvalue weighted by Gasteiger charge is 2.15. The molecule has 0 bridgehead atoms. The van der Waals surface area contributed by atoms with Gasteiger partial charge in [0.15, 0.2) is 0 Å². The molecule has 1 aliphatic rings. The molecule has 0 spiro atoms. The lowest BCUT2D eigenvalue weighted by molar-refractivity contribution is 0.210. The van der Waals surface area contributed by atoms with E-state index in [1.807, 2.05) is 49.5 Å². The third kappa shape index (κ3) is 3.09. The molecule has 0 saturated carbocycles. The molecule has 1 N–H and O–H groups in total. The Bertz CT molecular complexity index is 400. The Labute approximate surface area is 102 Å². The Morgan fingerprint density at radius 1 is 1.35 bits per heavy atom. The number of allylic oxidation sites excluding steroid dienone is 1. The van der Waals surface area contributed by atoms with Gasteiger partial charge in [0.25, 0.3) is 0 Å². The van der Waals surface area contributed by atoms with Crippen LogP contribution >= 0.6 is 0 Å². The number of carbonyl (C=O) groups excluding carboxylic acids is 1. The smallest absolute Gasteiger partial charge is 0.321 e. The van der Waals surface area contributed by atoms with Crippen LogP contribution in [-0.2, 0) is 0 Å². The van der Waals surface area contributed by atoms with Gasteiger partial charge in [0, 0.05) is 12.7 Å². The second kappa shape index (κ2) is 5.53. The molecule has 1 heterocycles. The summed E-state index contributed by atoms with van der Waals surface area (Å²) in [5.74, 6) is 0. The number of carbonyl (C=O) groups is 1. The number of urea groups is 1. The molecule has 1 atom stereocenters. The van der Waals surface area contributed by atoms with E-state index in [1.165, 1.54) is 0 Å². The van der Waals surface area contributed by atoms with Gasteiger partial charge in [-0.1, -0.05) is 36.4 Å². The summed E-state index contributed by atoms with van der Waals surface area (Å²) in [5, 5.41) is 3.00. The Kier molecular flexibility index (Phi) is 3.81. The lowest BCUT2D eigenvalue weighted by atomic mass is 10.1. The number of hydrogen-bond donors (Lipinski definition) is 1. The standard InChI is InChI=1S/C14H18N2O/c1-12(13-8-4-2-5-9-13)15-14(17)16-10-6-3-7-11-16/h2,4-6,8-10,12H,3,7,11H2,1H3,(H,15,17)/t12-/m0/s1. The fourth-order valence-corrected chi connectivity index (χ4v) is 1.92. The molecule has 0 radical (unpaired) electrons. The van der Waals surface area contributed by atoms with Crippen molar-refractivity contribution < 1.29 is 4.79 Å². The fraction of sp³-hybridized carbons (Fsp3) is 0.357. The van der Waals surface area contributed by atoms with Crippen molar-refractivity contribution in [2.45, 2.75) is 25.8 Å². The van der Waals surface area contributed by atoms with Crippen molar-refractivity contribution in [1.29, 1.82) is 0 Å². The zero-order chi connectivity index (χ0) is 12.1. The maximum absolute atomic E-state index is 11.9. The summed E-state index contributed by atoms with van der Waals surface area (Å²) in [7, 11) is 0. The normalized spacial score (nSPS) is 16.6. The predicted molar refractivity (Wildman–Crippen MR) is 68.5 cm³/mol. The van der Waals surface area contributed by atoms with Crippen LogP contribution in [0.5, 0.6) is 0 Å². The molecule has 3 nitrogen and oxygen atoms in total. The molecule has 0 fully saturated rings. The summed E-state index contributed by atoms with van der Waals surface area (Å²) in [6, 6.07) is 10.0. The van der Waals surface area contributed by atoms with E-state index in [4.69, 9.17) is 0 Å². The highest BCUT2D eigenvalue weighted by atomic mass is 16.2. The van der Waals surface area contributed by atoms with Crippen LogP contribution < -0.4 is 5.32 Å². The lowest BCUT2D eigenvalue weighted by Crippen LogP contribution is -2.39. The van der Waals surface area contributed by atoms with Crippen LogP contribution in [0.2, 0.25) is 0 Å². The van der Waals surface area contributed by atoms with Crippen molar-refractivity contribution in [2.24, 2.45) is 0 Å². The summed E-state index contributed by atoms with van der Waals surface area (Å²) in [6.07, 6.45) is 6.02. The van der Waals surface area contributed by atoms with Gasteiger partial charge in [-0.05, 0) is 25.3 Å². The zero-order valence-electron chi connectivity index (χ0n) is 10.1. The van der Waals surface area contributed by atoms with Crippen molar-refractivity contribution in [3.63, 3.8) is 0 Å². The second-order valence-corrected chi connectivity index (χ2v) is 4.30. The van der Waals surface area contributed by atoms with Gasteiger partial charge in [0.1, 0.15) is 0 Å². The molecular weight excluding hydrogens is 212 g/mol. The minimum absolute atomic E-state index is 0.0164. The van der Waals surface area contributed by atoms with Gasteiger partial charge in [-0.15, -0.1) is 0 Å². The molecule has 90 valence electrons. The molecular formula is C14H18N2O. The topological polar surface area (TPSA) is 32.3 Å². The molecule has 17 heavy (non-hydrogen) atoms. The van der Waals surface area contributed by atoms with Crippen molar-refractivity contribution >= 4 is 6.03 Å². The monoisotopic (exact) mass is 230 g/mol. The highest BCUT2D eigenvalue weighted by Crippen LogP contribution is 2.13. The average Bonchev–Trinajstić information content (AvgIpc) is 2.40. The van der Waals surface area contributed by atoms with E-state index in [0.29, 0.717) is 0 Å². The third-order valence-corrected chi connectivity index (χ3v) is 2.96. The minimum atomic E-state index is -0.0164. The van der Waals surface area contributed by atoms with Gasteiger partial charge < -0.3 is 10.2 Å². The van der Waals surface area contributed by atoms with Crippen molar-refractivity contribution in [3.05, 3.63) is 48.2 Å². The summed E-state index contributed by atoms with van der Waals surface area (Å²) in [5.41, 5.74) is 1.13. The number of hydrogen-bond acceptors (Lipinski definition) is 1. The number of nitrogens with one attached hydrogen (secondary N) is 1. The van der Waals surface area contributed by atoms with Gasteiger partial charge in [-0.25, -0.2) is 4.79 Å². The molecule has 1 aromatic carbocycles. The van der Waals surface area contributed by atoms with Crippen molar-refractivity contribution in [3.8, 4) is 0 Å². The molecule has 0 aliphatic carbocycles. The first-order valence-electron chi connectivity index (χ1n) is 6.06. The van der Waals surface area contributed by atoms with Crippen LogP contribution in [0.1, 0.15) is 31.4 Å². The van der Waals surface area contributed by atoms with Crippen LogP contribution in [-0.4, -0.2) is 17.5 Å². The second-order valence-electron chi connectivity index (χ2n) is 4.30. The number of benzene rings is 1. The lowest BCUT2D eigenvalue weighted by Gasteiger charge is -2.24. The first kappa shape index (κ1) is 11.7. The quantitative estimate of drug-likeness (QED) is 0.832. The van der Waals surface area contributed by atoms with E-state index in [2.05, 4.69) is 5.32 Å². The SMILES string of the molecule is C[C@H](NC(=O)N1C=CCCC1)c1ccccc1. The van der Waals surface area contributed by atoms with Gasteiger partial charge in [0.2, 0.25) is 0 Å². The Hall–Kier alpha value is -1.77. The predicted octanol–water partition coefficient (Wildman–Crippen LogP) is 3.07. The van der Waals surface area contributed by atoms with Crippen LogP contribution in [0, 0.1) is 0 Å². The van der Waals surface area contributed by atoms with Crippen LogP contribution in [0.25, 0.3) is 0 Å². The number of rotatable bonds is 2. The van der Waals surface area contributed by atoms with E-state index < -0.39 is 0 Å².